The number of aromatic nitrogens is 1. The lowest BCUT2D eigenvalue weighted by atomic mass is 9.89. The third-order valence-electron chi connectivity index (χ3n) is 12.9. The summed E-state index contributed by atoms with van der Waals surface area (Å²) in [6.07, 6.45) is 5.82. The minimum atomic E-state index is 0.282. The molecule has 2 aliphatic rings. The molecule has 12 rings (SSSR count). The number of benzene rings is 9. The van der Waals surface area contributed by atoms with Crippen LogP contribution in [0.4, 0.5) is 28.4 Å². The second kappa shape index (κ2) is 15.4. The Morgan fingerprint density at radius 2 is 0.984 bits per heavy atom. The molecule has 2 heterocycles. The molecule has 0 spiro atoms. The predicted molar refractivity (Wildman–Crippen MR) is 266 cm³/mol. The highest BCUT2D eigenvalue weighted by molar-refractivity contribution is 6.11. The quantitative estimate of drug-likeness (QED) is 0.152. The molecule has 0 saturated heterocycles. The molecule has 1 aliphatic heterocycles. The van der Waals surface area contributed by atoms with Crippen molar-refractivity contribution in [1.82, 2.24) is 4.57 Å². The number of hydrogen-bond donors (Lipinski definition) is 0. The van der Waals surface area contributed by atoms with Crippen LogP contribution in [-0.4, -0.2) is 10.6 Å². The lowest BCUT2D eigenvalue weighted by Crippen LogP contribution is -2.27. The fourth-order valence-electron chi connectivity index (χ4n) is 9.91. The van der Waals surface area contributed by atoms with Crippen molar-refractivity contribution < 1.29 is 0 Å². The summed E-state index contributed by atoms with van der Waals surface area (Å²) in [5.74, 6) is 0. The molecule has 0 amide bonds. The van der Waals surface area contributed by atoms with Crippen LogP contribution >= 0.6 is 0 Å². The SMILES string of the molecule is C1=C(c2ccc3c(c2)c2ccccc2n3-c2ccc(-c3cccc(N(c4ccccc4)c4ccc(-c5ccccc5)cc4)c3)cc2)C=C2c3ccccc3N(c3ccccc3)C2C1. The van der Waals surface area contributed by atoms with Crippen LogP contribution in [0.3, 0.4) is 0 Å². The number of anilines is 5. The second-order valence-corrected chi connectivity index (χ2v) is 16.5. The Labute approximate surface area is 368 Å². The van der Waals surface area contributed by atoms with Gasteiger partial charge < -0.3 is 14.4 Å². The third-order valence-corrected chi connectivity index (χ3v) is 12.9. The first-order valence-corrected chi connectivity index (χ1v) is 21.9. The summed E-state index contributed by atoms with van der Waals surface area (Å²) >= 11 is 0. The third kappa shape index (κ3) is 6.45. The summed E-state index contributed by atoms with van der Waals surface area (Å²) in [6, 6.07) is 83.8. The molecule has 0 bridgehead atoms. The van der Waals surface area contributed by atoms with Gasteiger partial charge in [0.2, 0.25) is 0 Å². The summed E-state index contributed by atoms with van der Waals surface area (Å²) in [7, 11) is 0. The molecule has 0 N–H and O–H groups in total. The summed E-state index contributed by atoms with van der Waals surface area (Å²) in [6.45, 7) is 0. The minimum Gasteiger partial charge on any atom is -0.333 e. The maximum Gasteiger partial charge on any atom is 0.0633 e. The zero-order chi connectivity index (χ0) is 41.7. The van der Waals surface area contributed by atoms with Crippen LogP contribution in [0.2, 0.25) is 0 Å². The van der Waals surface area contributed by atoms with Gasteiger partial charge >= 0.3 is 0 Å². The maximum absolute atomic E-state index is 2.51. The van der Waals surface area contributed by atoms with Gasteiger partial charge in [-0.3, -0.25) is 0 Å². The van der Waals surface area contributed by atoms with E-state index in [0.29, 0.717) is 0 Å². The molecule has 9 aromatic carbocycles. The predicted octanol–water partition coefficient (Wildman–Crippen LogP) is 16.0. The molecule has 1 aliphatic carbocycles. The molecular formula is C60H43N3. The van der Waals surface area contributed by atoms with E-state index in [1.54, 1.807) is 0 Å². The fourth-order valence-corrected chi connectivity index (χ4v) is 9.91. The highest BCUT2D eigenvalue weighted by atomic mass is 15.2. The topological polar surface area (TPSA) is 11.4 Å². The molecule has 0 radical (unpaired) electrons. The zero-order valence-electron chi connectivity index (χ0n) is 34.7. The van der Waals surface area contributed by atoms with Crippen molar-refractivity contribution in [2.24, 2.45) is 0 Å². The smallest absolute Gasteiger partial charge is 0.0633 e. The van der Waals surface area contributed by atoms with Crippen molar-refractivity contribution in [1.29, 1.82) is 0 Å². The number of hydrogen-bond acceptors (Lipinski definition) is 2. The van der Waals surface area contributed by atoms with Gasteiger partial charge in [-0.1, -0.05) is 152 Å². The van der Waals surface area contributed by atoms with Gasteiger partial charge in [0.15, 0.2) is 0 Å². The Hall–Kier alpha value is -8.14. The van der Waals surface area contributed by atoms with E-state index in [0.717, 1.165) is 29.2 Å². The van der Waals surface area contributed by atoms with Crippen molar-refractivity contribution in [3.8, 4) is 27.9 Å². The van der Waals surface area contributed by atoms with E-state index < -0.39 is 0 Å². The molecule has 0 saturated carbocycles. The number of rotatable bonds is 8. The number of allylic oxidation sites excluding steroid dienone is 2. The van der Waals surface area contributed by atoms with E-state index in [-0.39, 0.29) is 6.04 Å². The van der Waals surface area contributed by atoms with Crippen LogP contribution in [-0.2, 0) is 0 Å². The van der Waals surface area contributed by atoms with Crippen molar-refractivity contribution in [3.05, 3.63) is 254 Å². The van der Waals surface area contributed by atoms with Crippen molar-refractivity contribution in [3.63, 3.8) is 0 Å². The van der Waals surface area contributed by atoms with Gasteiger partial charge in [0.25, 0.3) is 0 Å². The second-order valence-electron chi connectivity index (χ2n) is 16.5. The van der Waals surface area contributed by atoms with E-state index in [1.807, 2.05) is 0 Å². The number of fused-ring (bicyclic) bond motifs is 6. The summed E-state index contributed by atoms with van der Waals surface area (Å²) in [4.78, 5) is 4.85. The van der Waals surface area contributed by atoms with Crippen molar-refractivity contribution in [2.75, 3.05) is 9.80 Å². The Morgan fingerprint density at radius 1 is 0.397 bits per heavy atom. The molecule has 1 atom stereocenters. The molecule has 0 fully saturated rings. The average Bonchev–Trinajstić information content (AvgIpc) is 3.87. The normalized spacial score (nSPS) is 14.3. The molecule has 3 heteroatoms. The van der Waals surface area contributed by atoms with Crippen molar-refractivity contribution >= 4 is 61.4 Å². The Bertz CT molecular complexity index is 3340. The van der Waals surface area contributed by atoms with Crippen LogP contribution in [0, 0.1) is 0 Å². The standard InChI is InChI=1S/C60H43N3/c1-4-15-42(16-5-1)43-27-33-50(34-28-43)61(48-18-6-2-7-19-48)52-22-14-17-45(39-52)44-29-35-51(36-30-44)63-58-26-13-11-24-54(58)56-41-47(32-38-60(56)63)46-31-37-59-55(40-46)53-23-10-12-25-57(53)62(59)49-20-8-3-9-21-49/h1-36,38-41,59H,37H2. The molecule has 1 unspecified atom stereocenters. The molecular weight excluding hydrogens is 763 g/mol. The van der Waals surface area contributed by atoms with Gasteiger partial charge in [0.05, 0.1) is 17.1 Å². The lowest BCUT2D eigenvalue weighted by Gasteiger charge is -2.29. The maximum atomic E-state index is 2.51. The minimum absolute atomic E-state index is 0.282. The van der Waals surface area contributed by atoms with Crippen LogP contribution in [0.25, 0.3) is 60.9 Å². The van der Waals surface area contributed by atoms with Gasteiger partial charge in [-0.15, -0.1) is 0 Å². The van der Waals surface area contributed by atoms with Crippen molar-refractivity contribution in [2.45, 2.75) is 12.5 Å². The van der Waals surface area contributed by atoms with E-state index in [2.05, 4.69) is 257 Å². The highest BCUT2D eigenvalue weighted by Crippen LogP contribution is 2.49. The van der Waals surface area contributed by atoms with Gasteiger partial charge in [-0.05, 0) is 136 Å². The molecule has 10 aromatic rings. The fraction of sp³-hybridized carbons (Fsp3) is 0.0333. The van der Waals surface area contributed by atoms with Gasteiger partial charge in [0, 0.05) is 50.5 Å². The van der Waals surface area contributed by atoms with Crippen LogP contribution in [0.1, 0.15) is 17.5 Å². The van der Waals surface area contributed by atoms with Gasteiger partial charge in [-0.2, -0.15) is 0 Å². The van der Waals surface area contributed by atoms with E-state index in [4.69, 9.17) is 0 Å². The number of para-hydroxylation sites is 4. The van der Waals surface area contributed by atoms with E-state index in [1.165, 1.54) is 77.7 Å². The first-order chi connectivity index (χ1) is 31.2. The average molecular weight is 806 g/mol. The molecule has 3 nitrogen and oxygen atoms in total. The Morgan fingerprint density at radius 3 is 1.79 bits per heavy atom. The Balaban J connectivity index is 0.872. The molecule has 63 heavy (non-hydrogen) atoms. The highest BCUT2D eigenvalue weighted by Gasteiger charge is 2.35. The molecule has 1 aromatic heterocycles. The monoisotopic (exact) mass is 805 g/mol. The zero-order valence-corrected chi connectivity index (χ0v) is 34.7. The summed E-state index contributed by atoms with van der Waals surface area (Å²) in [5.41, 5.74) is 19.4. The first kappa shape index (κ1) is 36.7. The summed E-state index contributed by atoms with van der Waals surface area (Å²) < 4.78 is 2.42. The number of nitrogens with zero attached hydrogens (tertiary/aromatic N) is 3. The first-order valence-electron chi connectivity index (χ1n) is 21.9. The Kier molecular flexibility index (Phi) is 8.97. The summed E-state index contributed by atoms with van der Waals surface area (Å²) in [5, 5.41) is 2.52. The van der Waals surface area contributed by atoms with Gasteiger partial charge in [0.1, 0.15) is 0 Å². The lowest BCUT2D eigenvalue weighted by molar-refractivity contribution is 0.831. The van der Waals surface area contributed by atoms with Gasteiger partial charge in [-0.25, -0.2) is 0 Å². The van der Waals surface area contributed by atoms with Crippen LogP contribution in [0.15, 0.2) is 243 Å². The van der Waals surface area contributed by atoms with E-state index >= 15 is 0 Å². The largest absolute Gasteiger partial charge is 0.333 e. The van der Waals surface area contributed by atoms with Crippen LogP contribution in [0.5, 0.6) is 0 Å². The van der Waals surface area contributed by atoms with E-state index in [9.17, 15) is 0 Å². The van der Waals surface area contributed by atoms with Crippen LogP contribution < -0.4 is 9.80 Å². The molecule has 298 valence electrons.